The van der Waals surface area contributed by atoms with Crippen LogP contribution in [0.15, 0.2) is 42.6 Å². The van der Waals surface area contributed by atoms with Crippen LogP contribution in [0.25, 0.3) is 11.3 Å². The first-order valence-electron chi connectivity index (χ1n) is 9.23. The molecule has 0 unspecified atom stereocenters. The Bertz CT molecular complexity index is 934. The molecule has 7 nitrogen and oxygen atoms in total. The first kappa shape index (κ1) is 20.4. The average Bonchev–Trinajstić information content (AvgIpc) is 2.69. The summed E-state index contributed by atoms with van der Waals surface area (Å²) in [6.07, 6.45) is 4.34. The average molecular weight is 404 g/mol. The Morgan fingerprint density at radius 3 is 2.50 bits per heavy atom. The Hall–Kier alpha value is -2.29. The normalized spacial score (nSPS) is 16.4. The zero-order valence-corrected chi connectivity index (χ0v) is 16.9. The fraction of sp³-hybridized carbons (Fsp3) is 0.400. The van der Waals surface area contributed by atoms with Gasteiger partial charge in [-0.05, 0) is 48.9 Å². The molecule has 28 heavy (non-hydrogen) atoms. The number of carboxylic acid groups (broad SMARTS) is 1. The van der Waals surface area contributed by atoms with Crippen molar-refractivity contribution in [1.29, 1.82) is 0 Å². The number of hydrogen-bond donors (Lipinski definition) is 1. The summed E-state index contributed by atoms with van der Waals surface area (Å²) >= 11 is 0. The predicted molar refractivity (Wildman–Crippen MR) is 107 cm³/mol. The van der Waals surface area contributed by atoms with E-state index in [9.17, 15) is 13.2 Å². The lowest BCUT2D eigenvalue weighted by Crippen LogP contribution is -2.44. The van der Waals surface area contributed by atoms with Crippen molar-refractivity contribution >= 4 is 16.2 Å². The molecule has 1 aliphatic rings. The number of nitrogens with zero attached hydrogens (tertiary/aromatic N) is 3. The van der Waals surface area contributed by atoms with Crippen molar-refractivity contribution in [2.24, 2.45) is 5.92 Å². The molecule has 1 aliphatic heterocycles. The van der Waals surface area contributed by atoms with Gasteiger partial charge in [-0.25, -0.2) is 4.79 Å². The fourth-order valence-electron chi connectivity index (χ4n) is 3.44. The van der Waals surface area contributed by atoms with Gasteiger partial charge in [0.25, 0.3) is 10.2 Å². The van der Waals surface area contributed by atoms with E-state index < -0.39 is 16.2 Å². The van der Waals surface area contributed by atoms with Crippen molar-refractivity contribution in [3.05, 3.63) is 53.7 Å². The maximum Gasteiger partial charge on any atom is 0.335 e. The van der Waals surface area contributed by atoms with Gasteiger partial charge in [-0.2, -0.15) is 17.0 Å². The summed E-state index contributed by atoms with van der Waals surface area (Å²) in [6.45, 7) is 1.08. The molecule has 1 saturated heterocycles. The molecule has 1 aromatic carbocycles. The predicted octanol–water partition coefficient (Wildman–Crippen LogP) is 2.51. The van der Waals surface area contributed by atoms with Crippen LogP contribution >= 0.6 is 0 Å². The molecule has 0 spiro atoms. The number of carbonyl (C=O) groups is 1. The quantitative estimate of drug-likeness (QED) is 0.800. The second-order valence-corrected chi connectivity index (χ2v) is 9.42. The zero-order valence-electron chi connectivity index (χ0n) is 16.1. The van der Waals surface area contributed by atoms with Gasteiger partial charge in [-0.15, -0.1) is 0 Å². The van der Waals surface area contributed by atoms with Gasteiger partial charge in [-0.1, -0.05) is 18.2 Å². The third kappa shape index (κ3) is 4.57. The van der Waals surface area contributed by atoms with Crippen LogP contribution in [-0.2, 0) is 16.6 Å². The van der Waals surface area contributed by atoms with E-state index in [2.05, 4.69) is 4.98 Å². The second kappa shape index (κ2) is 8.38. The van der Waals surface area contributed by atoms with Crippen LogP contribution in [0.2, 0.25) is 0 Å². The SMILES string of the molecule is CN(C)S(=O)(=O)N1CCC(Cc2ccc(-c3cccc(C(=O)O)c3)nc2)CC1. The van der Waals surface area contributed by atoms with E-state index >= 15 is 0 Å². The summed E-state index contributed by atoms with van der Waals surface area (Å²) in [5.74, 6) is -0.530. The van der Waals surface area contributed by atoms with Gasteiger partial charge in [0.05, 0.1) is 11.3 Å². The zero-order chi connectivity index (χ0) is 20.3. The Morgan fingerprint density at radius 1 is 1.21 bits per heavy atom. The molecular weight excluding hydrogens is 378 g/mol. The van der Waals surface area contributed by atoms with E-state index in [1.54, 1.807) is 36.6 Å². The minimum atomic E-state index is -3.33. The number of hydrogen-bond acceptors (Lipinski definition) is 4. The van der Waals surface area contributed by atoms with E-state index in [1.165, 1.54) is 4.31 Å². The number of rotatable bonds is 6. The van der Waals surface area contributed by atoms with Crippen LogP contribution < -0.4 is 0 Å². The first-order valence-corrected chi connectivity index (χ1v) is 10.6. The Morgan fingerprint density at radius 2 is 1.93 bits per heavy atom. The summed E-state index contributed by atoms with van der Waals surface area (Å²) in [5.41, 5.74) is 2.85. The number of aromatic carboxylic acids is 1. The molecule has 0 amide bonds. The summed E-state index contributed by atoms with van der Waals surface area (Å²) in [4.78, 5) is 15.6. The van der Waals surface area contributed by atoms with E-state index in [-0.39, 0.29) is 5.56 Å². The number of benzene rings is 1. The Labute approximate surface area is 165 Å². The highest BCUT2D eigenvalue weighted by atomic mass is 32.2. The molecule has 3 rings (SSSR count). The number of aromatic nitrogens is 1. The van der Waals surface area contributed by atoms with Crippen molar-refractivity contribution in [3.8, 4) is 11.3 Å². The van der Waals surface area contributed by atoms with Gasteiger partial charge in [0.1, 0.15) is 0 Å². The molecule has 150 valence electrons. The molecule has 0 bridgehead atoms. The third-order valence-electron chi connectivity index (χ3n) is 5.12. The highest BCUT2D eigenvalue weighted by molar-refractivity contribution is 7.86. The maximum atomic E-state index is 12.2. The summed E-state index contributed by atoms with van der Waals surface area (Å²) in [5, 5.41) is 9.12. The maximum absolute atomic E-state index is 12.2. The van der Waals surface area contributed by atoms with Crippen LogP contribution in [0.3, 0.4) is 0 Å². The molecule has 0 radical (unpaired) electrons. The standard InChI is InChI=1S/C20H25N3O4S/c1-22(2)28(26,27)23-10-8-15(9-11-23)12-16-6-7-19(21-14-16)17-4-3-5-18(13-17)20(24)25/h3-7,13-15H,8-12H2,1-2H3,(H,24,25). The van der Waals surface area contributed by atoms with Gasteiger partial charge in [0, 0.05) is 38.9 Å². The number of pyridine rings is 1. The minimum absolute atomic E-state index is 0.239. The lowest BCUT2D eigenvalue weighted by Gasteiger charge is -2.32. The number of carboxylic acids is 1. The summed E-state index contributed by atoms with van der Waals surface area (Å²) in [7, 11) is -0.217. The highest BCUT2D eigenvalue weighted by Gasteiger charge is 2.29. The summed E-state index contributed by atoms with van der Waals surface area (Å²) < 4.78 is 27.2. The molecule has 2 heterocycles. The molecule has 0 aliphatic carbocycles. The molecule has 2 aromatic rings. The van der Waals surface area contributed by atoms with Crippen molar-refractivity contribution in [3.63, 3.8) is 0 Å². The molecule has 1 fully saturated rings. The van der Waals surface area contributed by atoms with Gasteiger partial charge in [-0.3, -0.25) is 4.98 Å². The largest absolute Gasteiger partial charge is 0.478 e. The smallest absolute Gasteiger partial charge is 0.335 e. The first-order chi connectivity index (χ1) is 13.3. The van der Waals surface area contributed by atoms with Crippen LogP contribution in [0.5, 0.6) is 0 Å². The fourth-order valence-corrected chi connectivity index (χ4v) is 4.57. The van der Waals surface area contributed by atoms with Gasteiger partial charge < -0.3 is 5.11 Å². The molecule has 1 aromatic heterocycles. The highest BCUT2D eigenvalue weighted by Crippen LogP contribution is 2.25. The second-order valence-electron chi connectivity index (χ2n) is 7.27. The number of piperidine rings is 1. The van der Waals surface area contributed by atoms with Crippen LogP contribution in [0, 0.1) is 5.92 Å². The van der Waals surface area contributed by atoms with Crippen LogP contribution in [-0.4, -0.2) is 60.3 Å². The van der Waals surface area contributed by atoms with Gasteiger partial charge in [0.2, 0.25) is 0 Å². The van der Waals surface area contributed by atoms with Crippen molar-refractivity contribution in [2.45, 2.75) is 19.3 Å². The summed E-state index contributed by atoms with van der Waals surface area (Å²) in [6, 6.07) is 10.6. The van der Waals surface area contributed by atoms with Crippen LogP contribution in [0.4, 0.5) is 0 Å². The van der Waals surface area contributed by atoms with Gasteiger partial charge in [0.15, 0.2) is 0 Å². The molecule has 1 N–H and O–H groups in total. The molecule has 8 heteroatoms. The van der Waals surface area contributed by atoms with Gasteiger partial charge >= 0.3 is 5.97 Å². The van der Waals surface area contributed by atoms with Crippen molar-refractivity contribution < 1.29 is 18.3 Å². The van der Waals surface area contributed by atoms with E-state index in [1.807, 2.05) is 24.4 Å². The van der Waals surface area contributed by atoms with E-state index in [0.717, 1.165) is 36.1 Å². The molecular formula is C20H25N3O4S. The Kier molecular flexibility index (Phi) is 6.12. The molecule has 0 saturated carbocycles. The topological polar surface area (TPSA) is 90.8 Å². The monoisotopic (exact) mass is 403 g/mol. The van der Waals surface area contributed by atoms with Crippen molar-refractivity contribution in [2.75, 3.05) is 27.2 Å². The third-order valence-corrected chi connectivity index (χ3v) is 7.06. The van der Waals surface area contributed by atoms with Crippen molar-refractivity contribution in [1.82, 2.24) is 13.6 Å². The van der Waals surface area contributed by atoms with E-state index in [4.69, 9.17) is 5.11 Å². The minimum Gasteiger partial charge on any atom is -0.478 e. The van der Waals surface area contributed by atoms with Crippen LogP contribution in [0.1, 0.15) is 28.8 Å². The molecule has 0 atom stereocenters. The Balaban J connectivity index is 1.61. The lowest BCUT2D eigenvalue weighted by atomic mass is 9.91. The lowest BCUT2D eigenvalue weighted by molar-refractivity contribution is 0.0697. The van der Waals surface area contributed by atoms with E-state index in [0.29, 0.717) is 19.0 Å².